The first kappa shape index (κ1) is 17.4. The Bertz CT molecular complexity index is 1040. The molecule has 136 valence electrons. The van der Waals surface area contributed by atoms with E-state index in [2.05, 4.69) is 16.1 Å². The SMILES string of the molecule is C[C@H](c1nc2ccccc2s1)N(C)C(=O)Cc1cnn(-c2ccccc2)c1. The molecule has 0 radical (unpaired) electrons. The number of aromatic nitrogens is 3. The predicted molar refractivity (Wildman–Crippen MR) is 108 cm³/mol. The van der Waals surface area contributed by atoms with Gasteiger partial charge in [-0.1, -0.05) is 30.3 Å². The van der Waals surface area contributed by atoms with Crippen LogP contribution in [0.4, 0.5) is 0 Å². The summed E-state index contributed by atoms with van der Waals surface area (Å²) in [5.74, 6) is 0.0503. The molecule has 2 heterocycles. The Hall–Kier alpha value is -2.99. The van der Waals surface area contributed by atoms with Crippen LogP contribution in [0.25, 0.3) is 15.9 Å². The van der Waals surface area contributed by atoms with Crippen molar-refractivity contribution in [1.82, 2.24) is 19.7 Å². The molecule has 5 nitrogen and oxygen atoms in total. The molecular formula is C21H20N4OS. The summed E-state index contributed by atoms with van der Waals surface area (Å²) < 4.78 is 2.93. The van der Waals surface area contributed by atoms with Crippen molar-refractivity contribution in [2.45, 2.75) is 19.4 Å². The van der Waals surface area contributed by atoms with Gasteiger partial charge in [-0.05, 0) is 36.8 Å². The molecule has 0 aliphatic carbocycles. The smallest absolute Gasteiger partial charge is 0.227 e. The zero-order valence-electron chi connectivity index (χ0n) is 15.2. The number of carbonyl (C=O) groups excluding carboxylic acids is 1. The van der Waals surface area contributed by atoms with Gasteiger partial charge in [0.1, 0.15) is 5.01 Å². The summed E-state index contributed by atoms with van der Waals surface area (Å²) >= 11 is 1.64. The first-order chi connectivity index (χ1) is 13.1. The normalized spacial score (nSPS) is 12.2. The van der Waals surface area contributed by atoms with Crippen molar-refractivity contribution in [3.8, 4) is 5.69 Å². The lowest BCUT2D eigenvalue weighted by Gasteiger charge is -2.23. The number of rotatable bonds is 5. The summed E-state index contributed by atoms with van der Waals surface area (Å²) in [6, 6.07) is 17.9. The number of thiazole rings is 1. The molecule has 1 amide bonds. The largest absolute Gasteiger partial charge is 0.336 e. The predicted octanol–water partition coefficient (Wildman–Crippen LogP) is 4.24. The van der Waals surface area contributed by atoms with E-state index in [1.807, 2.05) is 68.7 Å². The van der Waals surface area contributed by atoms with Crippen LogP contribution < -0.4 is 0 Å². The van der Waals surface area contributed by atoms with Crippen molar-refractivity contribution in [2.24, 2.45) is 0 Å². The molecule has 0 bridgehead atoms. The Morgan fingerprint density at radius 2 is 1.89 bits per heavy atom. The first-order valence-corrected chi connectivity index (χ1v) is 9.63. The van der Waals surface area contributed by atoms with Gasteiger partial charge in [-0.2, -0.15) is 5.10 Å². The maximum atomic E-state index is 12.8. The fraction of sp³-hybridized carbons (Fsp3) is 0.190. The molecule has 2 aromatic carbocycles. The van der Waals surface area contributed by atoms with E-state index in [9.17, 15) is 4.79 Å². The Morgan fingerprint density at radius 1 is 1.15 bits per heavy atom. The third-order valence-corrected chi connectivity index (χ3v) is 5.86. The van der Waals surface area contributed by atoms with E-state index in [1.54, 1.807) is 27.1 Å². The van der Waals surface area contributed by atoms with Crippen LogP contribution in [-0.4, -0.2) is 32.6 Å². The van der Waals surface area contributed by atoms with Crippen LogP contribution in [0, 0.1) is 0 Å². The van der Waals surface area contributed by atoms with Crippen LogP contribution in [0.3, 0.4) is 0 Å². The van der Waals surface area contributed by atoms with Crippen molar-refractivity contribution in [3.05, 3.63) is 77.6 Å². The van der Waals surface area contributed by atoms with E-state index in [0.717, 1.165) is 26.5 Å². The highest BCUT2D eigenvalue weighted by atomic mass is 32.1. The molecule has 0 aliphatic rings. The number of hydrogen-bond donors (Lipinski definition) is 0. The number of benzene rings is 2. The second-order valence-corrected chi connectivity index (χ2v) is 7.57. The fourth-order valence-corrected chi connectivity index (χ4v) is 3.99. The molecule has 2 aromatic heterocycles. The van der Waals surface area contributed by atoms with Crippen LogP contribution in [0.15, 0.2) is 67.0 Å². The van der Waals surface area contributed by atoms with Crippen molar-refractivity contribution in [2.75, 3.05) is 7.05 Å². The van der Waals surface area contributed by atoms with Gasteiger partial charge in [0.05, 0.1) is 34.6 Å². The van der Waals surface area contributed by atoms with Crippen molar-refractivity contribution >= 4 is 27.5 Å². The van der Waals surface area contributed by atoms with Gasteiger partial charge in [0.15, 0.2) is 0 Å². The molecule has 0 spiro atoms. The summed E-state index contributed by atoms with van der Waals surface area (Å²) in [6.45, 7) is 2.02. The molecule has 4 rings (SSSR count). The molecule has 27 heavy (non-hydrogen) atoms. The molecule has 0 saturated carbocycles. The van der Waals surface area contributed by atoms with E-state index in [-0.39, 0.29) is 11.9 Å². The number of likely N-dealkylation sites (N-methyl/N-ethyl adjacent to an activating group) is 1. The molecule has 6 heteroatoms. The number of fused-ring (bicyclic) bond motifs is 1. The van der Waals surface area contributed by atoms with E-state index in [4.69, 9.17) is 0 Å². The van der Waals surface area contributed by atoms with Gasteiger partial charge in [-0.15, -0.1) is 11.3 Å². The molecule has 4 aromatic rings. The lowest BCUT2D eigenvalue weighted by molar-refractivity contribution is -0.131. The van der Waals surface area contributed by atoms with Crippen molar-refractivity contribution < 1.29 is 4.79 Å². The zero-order valence-corrected chi connectivity index (χ0v) is 16.1. The molecule has 0 fully saturated rings. The quantitative estimate of drug-likeness (QED) is 0.523. The number of para-hydroxylation sites is 2. The minimum Gasteiger partial charge on any atom is -0.336 e. The standard InChI is InChI=1S/C21H20N4OS/c1-15(21-23-18-10-6-7-11-19(18)27-21)24(2)20(26)12-16-13-22-25(14-16)17-8-4-3-5-9-17/h3-11,13-15H,12H2,1-2H3/t15-/m1/s1. The topological polar surface area (TPSA) is 51.0 Å². The summed E-state index contributed by atoms with van der Waals surface area (Å²) in [6.07, 6.45) is 3.98. The summed E-state index contributed by atoms with van der Waals surface area (Å²) in [4.78, 5) is 19.2. The van der Waals surface area contributed by atoms with Crippen LogP contribution in [0.2, 0.25) is 0 Å². The third-order valence-electron chi connectivity index (χ3n) is 4.65. The molecule has 0 unspecified atom stereocenters. The number of nitrogens with zero attached hydrogens (tertiary/aromatic N) is 4. The van der Waals surface area contributed by atoms with E-state index in [0.29, 0.717) is 6.42 Å². The molecule has 0 aliphatic heterocycles. The lowest BCUT2D eigenvalue weighted by atomic mass is 10.2. The van der Waals surface area contributed by atoms with Crippen LogP contribution in [0.1, 0.15) is 23.5 Å². The molecule has 1 atom stereocenters. The van der Waals surface area contributed by atoms with Gasteiger partial charge < -0.3 is 4.90 Å². The van der Waals surface area contributed by atoms with Crippen LogP contribution >= 0.6 is 11.3 Å². The Kier molecular flexibility index (Phi) is 4.73. The molecule has 0 N–H and O–H groups in total. The molecular weight excluding hydrogens is 356 g/mol. The van der Waals surface area contributed by atoms with Gasteiger partial charge in [0.25, 0.3) is 0 Å². The minimum atomic E-state index is -0.0703. The average molecular weight is 376 g/mol. The van der Waals surface area contributed by atoms with Gasteiger partial charge >= 0.3 is 0 Å². The Morgan fingerprint density at radius 3 is 2.67 bits per heavy atom. The number of carbonyl (C=O) groups is 1. The van der Waals surface area contributed by atoms with Gasteiger partial charge in [0.2, 0.25) is 5.91 Å². The number of amides is 1. The fourth-order valence-electron chi connectivity index (χ4n) is 2.92. The maximum absolute atomic E-state index is 12.8. The summed E-state index contributed by atoms with van der Waals surface area (Å²) in [5.41, 5.74) is 2.86. The molecule has 0 saturated heterocycles. The highest BCUT2D eigenvalue weighted by molar-refractivity contribution is 7.18. The minimum absolute atomic E-state index is 0.0503. The third kappa shape index (κ3) is 3.61. The zero-order chi connectivity index (χ0) is 18.8. The highest BCUT2D eigenvalue weighted by Crippen LogP contribution is 2.29. The summed E-state index contributed by atoms with van der Waals surface area (Å²) in [7, 11) is 1.83. The monoisotopic (exact) mass is 376 g/mol. The van der Waals surface area contributed by atoms with E-state index >= 15 is 0 Å². The van der Waals surface area contributed by atoms with Crippen LogP contribution in [0.5, 0.6) is 0 Å². The van der Waals surface area contributed by atoms with Gasteiger partial charge in [-0.3, -0.25) is 4.79 Å². The second kappa shape index (κ2) is 7.32. The second-order valence-electron chi connectivity index (χ2n) is 6.51. The Labute approximate surface area is 161 Å². The van der Waals surface area contributed by atoms with Gasteiger partial charge in [-0.25, -0.2) is 9.67 Å². The summed E-state index contributed by atoms with van der Waals surface area (Å²) in [5, 5.41) is 5.32. The van der Waals surface area contributed by atoms with Crippen LogP contribution in [-0.2, 0) is 11.2 Å². The van der Waals surface area contributed by atoms with E-state index in [1.165, 1.54) is 0 Å². The average Bonchev–Trinajstić information content (AvgIpc) is 3.34. The van der Waals surface area contributed by atoms with Gasteiger partial charge in [0, 0.05) is 13.2 Å². The maximum Gasteiger partial charge on any atom is 0.227 e. The Balaban J connectivity index is 1.47. The first-order valence-electron chi connectivity index (χ1n) is 8.82. The number of hydrogen-bond acceptors (Lipinski definition) is 4. The highest BCUT2D eigenvalue weighted by Gasteiger charge is 2.21. The van der Waals surface area contributed by atoms with Crippen molar-refractivity contribution in [1.29, 1.82) is 0 Å². The van der Waals surface area contributed by atoms with E-state index < -0.39 is 0 Å². The van der Waals surface area contributed by atoms with Crippen molar-refractivity contribution in [3.63, 3.8) is 0 Å². The lowest BCUT2D eigenvalue weighted by Crippen LogP contribution is -2.30.